The lowest BCUT2D eigenvalue weighted by atomic mass is 10.2. The van der Waals surface area contributed by atoms with E-state index in [1.165, 1.54) is 18.2 Å². The number of nitro groups is 1. The average molecular weight is 373 g/mol. The fourth-order valence-electron chi connectivity index (χ4n) is 1.71. The summed E-state index contributed by atoms with van der Waals surface area (Å²) in [7, 11) is 0. The molecule has 1 amide bonds. The van der Waals surface area contributed by atoms with Gasteiger partial charge in [0.15, 0.2) is 0 Å². The van der Waals surface area contributed by atoms with Gasteiger partial charge < -0.3 is 5.32 Å². The zero-order valence-corrected chi connectivity index (χ0v) is 13.3. The summed E-state index contributed by atoms with van der Waals surface area (Å²) in [4.78, 5) is 22.9. The van der Waals surface area contributed by atoms with Crippen molar-refractivity contribution < 1.29 is 14.1 Å². The van der Waals surface area contributed by atoms with Gasteiger partial charge in [-0.25, -0.2) is 4.39 Å². The highest BCUT2D eigenvalue weighted by Crippen LogP contribution is 2.28. The number of carbonyl (C=O) groups excluding carboxylic acids is 1. The lowest BCUT2D eigenvalue weighted by molar-refractivity contribution is -0.385. The summed E-state index contributed by atoms with van der Waals surface area (Å²) < 4.78 is 13.8. The van der Waals surface area contributed by atoms with Crippen LogP contribution in [0.3, 0.4) is 0 Å². The molecule has 0 saturated heterocycles. The fourth-order valence-corrected chi connectivity index (χ4v) is 3.00. The molecule has 0 aliphatic carbocycles. The van der Waals surface area contributed by atoms with Crippen molar-refractivity contribution in [1.82, 2.24) is 5.32 Å². The standard InChI is InChI=1S/C13H10BrFN2O3S/c1-7-11(17(19)20)5-12(21-7)13(18)16-6-8-4-9(15)2-3-10(8)14/h2-5H,6H2,1H3,(H,16,18). The van der Waals surface area contributed by atoms with Gasteiger partial charge in [-0.1, -0.05) is 15.9 Å². The SMILES string of the molecule is Cc1sc(C(=O)NCc2cc(F)ccc2Br)cc1[N+](=O)[O-]. The summed E-state index contributed by atoms with van der Waals surface area (Å²) in [6.07, 6.45) is 0. The van der Waals surface area contributed by atoms with Crippen LogP contribution in [-0.4, -0.2) is 10.8 Å². The van der Waals surface area contributed by atoms with Gasteiger partial charge in [-0.2, -0.15) is 0 Å². The van der Waals surface area contributed by atoms with Crippen LogP contribution in [0, 0.1) is 22.9 Å². The Kier molecular flexibility index (Phi) is 4.69. The highest BCUT2D eigenvalue weighted by molar-refractivity contribution is 9.10. The topological polar surface area (TPSA) is 72.2 Å². The number of amides is 1. The minimum Gasteiger partial charge on any atom is -0.347 e. The second-order valence-corrected chi connectivity index (χ2v) is 6.34. The Morgan fingerprint density at radius 1 is 1.48 bits per heavy atom. The van der Waals surface area contributed by atoms with E-state index in [-0.39, 0.29) is 17.1 Å². The molecule has 0 unspecified atom stereocenters. The van der Waals surface area contributed by atoms with Gasteiger partial charge in [-0.3, -0.25) is 14.9 Å². The molecule has 0 spiro atoms. The average Bonchev–Trinajstić information content (AvgIpc) is 2.82. The lowest BCUT2D eigenvalue weighted by Gasteiger charge is -2.06. The maximum Gasteiger partial charge on any atom is 0.283 e. The largest absolute Gasteiger partial charge is 0.347 e. The third kappa shape index (κ3) is 3.64. The van der Waals surface area contributed by atoms with Crippen LogP contribution in [0.15, 0.2) is 28.7 Å². The molecule has 0 aliphatic heterocycles. The first-order valence-corrected chi connectivity index (χ1v) is 7.46. The molecule has 5 nitrogen and oxygen atoms in total. The van der Waals surface area contributed by atoms with E-state index < -0.39 is 16.6 Å². The second kappa shape index (κ2) is 6.31. The molecule has 0 fully saturated rings. The molecular weight excluding hydrogens is 363 g/mol. The first kappa shape index (κ1) is 15.6. The van der Waals surface area contributed by atoms with E-state index in [4.69, 9.17) is 0 Å². The molecule has 1 aromatic heterocycles. The van der Waals surface area contributed by atoms with Gasteiger partial charge in [0.25, 0.3) is 11.6 Å². The lowest BCUT2D eigenvalue weighted by Crippen LogP contribution is -2.22. The smallest absolute Gasteiger partial charge is 0.283 e. The van der Waals surface area contributed by atoms with Crippen LogP contribution < -0.4 is 5.32 Å². The van der Waals surface area contributed by atoms with Crippen LogP contribution in [0.1, 0.15) is 20.1 Å². The number of hydrogen-bond donors (Lipinski definition) is 1. The number of nitrogens with zero attached hydrogens (tertiary/aromatic N) is 1. The van der Waals surface area contributed by atoms with Crippen molar-refractivity contribution in [2.45, 2.75) is 13.5 Å². The summed E-state index contributed by atoms with van der Waals surface area (Å²) in [5.41, 5.74) is 0.517. The Bertz CT molecular complexity index is 717. The van der Waals surface area contributed by atoms with Gasteiger partial charge >= 0.3 is 0 Å². The Labute approximate surface area is 132 Å². The van der Waals surface area contributed by atoms with Crippen LogP contribution in [0.2, 0.25) is 0 Å². The molecule has 0 radical (unpaired) electrons. The third-order valence-corrected chi connectivity index (χ3v) is 4.57. The van der Waals surface area contributed by atoms with E-state index in [9.17, 15) is 19.3 Å². The first-order valence-electron chi connectivity index (χ1n) is 5.85. The van der Waals surface area contributed by atoms with Crippen LogP contribution in [-0.2, 0) is 6.54 Å². The molecule has 0 saturated carbocycles. The summed E-state index contributed by atoms with van der Waals surface area (Å²) >= 11 is 4.32. The fraction of sp³-hybridized carbons (Fsp3) is 0.154. The van der Waals surface area contributed by atoms with E-state index in [1.807, 2.05) is 0 Å². The van der Waals surface area contributed by atoms with E-state index >= 15 is 0 Å². The van der Waals surface area contributed by atoms with Crippen LogP contribution in [0.4, 0.5) is 10.1 Å². The zero-order chi connectivity index (χ0) is 15.6. The van der Waals surface area contributed by atoms with Gasteiger partial charge in [0.2, 0.25) is 0 Å². The van der Waals surface area contributed by atoms with Crippen molar-refractivity contribution in [1.29, 1.82) is 0 Å². The Balaban J connectivity index is 2.10. The van der Waals surface area contributed by atoms with E-state index in [0.29, 0.717) is 14.9 Å². The number of nitrogens with one attached hydrogen (secondary N) is 1. The summed E-state index contributed by atoms with van der Waals surface area (Å²) in [5, 5.41) is 13.4. The molecule has 2 rings (SSSR count). The predicted octanol–water partition coefficient (Wildman–Crippen LogP) is 3.80. The minimum atomic E-state index is -0.522. The summed E-state index contributed by atoms with van der Waals surface area (Å²) in [6.45, 7) is 1.71. The van der Waals surface area contributed by atoms with E-state index in [0.717, 1.165) is 11.3 Å². The maximum absolute atomic E-state index is 13.1. The summed E-state index contributed by atoms with van der Waals surface area (Å²) in [5.74, 6) is -0.822. The molecule has 1 N–H and O–H groups in total. The number of carbonyl (C=O) groups is 1. The molecule has 1 aromatic carbocycles. The first-order chi connectivity index (χ1) is 9.88. The maximum atomic E-state index is 13.1. The summed E-state index contributed by atoms with van der Waals surface area (Å²) in [6, 6.07) is 5.42. The third-order valence-electron chi connectivity index (χ3n) is 2.76. The molecule has 21 heavy (non-hydrogen) atoms. The van der Waals surface area contributed by atoms with Crippen molar-refractivity contribution in [3.63, 3.8) is 0 Å². The normalized spacial score (nSPS) is 10.4. The molecule has 0 atom stereocenters. The number of halogens is 2. The van der Waals surface area contributed by atoms with Crippen LogP contribution in [0.5, 0.6) is 0 Å². The van der Waals surface area contributed by atoms with E-state index in [2.05, 4.69) is 21.2 Å². The van der Waals surface area contributed by atoms with Crippen LogP contribution >= 0.6 is 27.3 Å². The highest BCUT2D eigenvalue weighted by Gasteiger charge is 2.19. The number of hydrogen-bond acceptors (Lipinski definition) is 4. The number of benzene rings is 1. The monoisotopic (exact) mass is 372 g/mol. The highest BCUT2D eigenvalue weighted by atomic mass is 79.9. The van der Waals surface area contributed by atoms with Crippen molar-refractivity contribution >= 4 is 38.9 Å². The minimum absolute atomic E-state index is 0.0721. The van der Waals surface area contributed by atoms with Gasteiger partial charge in [0.1, 0.15) is 5.82 Å². The molecule has 2 aromatic rings. The molecule has 0 bridgehead atoms. The van der Waals surface area contributed by atoms with Crippen molar-refractivity contribution in [2.24, 2.45) is 0 Å². The molecule has 0 aliphatic rings. The number of aryl methyl sites for hydroxylation is 1. The van der Waals surface area contributed by atoms with Gasteiger partial charge in [-0.05, 0) is 30.7 Å². The van der Waals surface area contributed by atoms with Crippen molar-refractivity contribution in [2.75, 3.05) is 0 Å². The molecule has 1 heterocycles. The molecule has 8 heteroatoms. The zero-order valence-electron chi connectivity index (χ0n) is 10.9. The van der Waals surface area contributed by atoms with Crippen molar-refractivity contribution in [3.8, 4) is 0 Å². The number of thiophene rings is 1. The second-order valence-electron chi connectivity index (χ2n) is 4.23. The van der Waals surface area contributed by atoms with E-state index in [1.54, 1.807) is 13.0 Å². The molecule has 110 valence electrons. The van der Waals surface area contributed by atoms with Gasteiger partial charge in [0.05, 0.1) is 14.7 Å². The Hall–Kier alpha value is -1.80. The van der Waals surface area contributed by atoms with Gasteiger partial charge in [0, 0.05) is 17.1 Å². The quantitative estimate of drug-likeness (QED) is 0.655. The van der Waals surface area contributed by atoms with Gasteiger partial charge in [-0.15, -0.1) is 11.3 Å². The molecular formula is C13H10BrFN2O3S. The van der Waals surface area contributed by atoms with Crippen molar-refractivity contribution in [3.05, 3.63) is 60.0 Å². The Morgan fingerprint density at radius 2 is 2.19 bits per heavy atom. The Morgan fingerprint density at radius 3 is 2.81 bits per heavy atom. The predicted molar refractivity (Wildman–Crippen MR) is 81.0 cm³/mol. The number of rotatable bonds is 4. The van der Waals surface area contributed by atoms with Crippen LogP contribution in [0.25, 0.3) is 0 Å².